The Morgan fingerprint density at radius 3 is 1.96 bits per heavy atom. The normalized spacial score (nSPS) is 10.9. The SMILES string of the molecule is CCN(C/C=C\COC(C)=O)C(=O)C(c1ccccc1)c1ccccc1. The van der Waals surface area contributed by atoms with Crippen molar-refractivity contribution in [2.75, 3.05) is 19.7 Å². The standard InChI is InChI=1S/C22H25NO3/c1-3-23(16-10-11-17-26-18(2)24)22(25)21(19-12-6-4-7-13-19)20-14-8-5-9-15-20/h4-15,21H,3,16-17H2,1-2H3/b11-10-. The molecule has 0 bridgehead atoms. The summed E-state index contributed by atoms with van der Waals surface area (Å²) < 4.78 is 4.87. The minimum absolute atomic E-state index is 0.0574. The Morgan fingerprint density at radius 1 is 0.962 bits per heavy atom. The summed E-state index contributed by atoms with van der Waals surface area (Å²) in [7, 11) is 0. The molecule has 0 unspecified atom stereocenters. The van der Waals surface area contributed by atoms with E-state index in [4.69, 9.17) is 4.74 Å². The molecule has 0 aromatic heterocycles. The lowest BCUT2D eigenvalue weighted by Crippen LogP contribution is -2.35. The minimum atomic E-state index is -0.334. The van der Waals surface area contributed by atoms with E-state index in [0.717, 1.165) is 11.1 Å². The first kappa shape index (κ1) is 19.4. The van der Waals surface area contributed by atoms with E-state index in [0.29, 0.717) is 13.1 Å². The molecule has 0 saturated heterocycles. The van der Waals surface area contributed by atoms with E-state index in [2.05, 4.69) is 0 Å². The minimum Gasteiger partial charge on any atom is -0.462 e. The molecule has 2 aromatic carbocycles. The van der Waals surface area contributed by atoms with Gasteiger partial charge in [-0.15, -0.1) is 0 Å². The predicted molar refractivity (Wildman–Crippen MR) is 103 cm³/mol. The Bertz CT molecular complexity index is 686. The van der Waals surface area contributed by atoms with Gasteiger partial charge in [-0.2, -0.15) is 0 Å². The average Bonchev–Trinajstić information content (AvgIpc) is 2.66. The molecule has 0 radical (unpaired) electrons. The van der Waals surface area contributed by atoms with E-state index in [1.807, 2.05) is 73.7 Å². The van der Waals surface area contributed by atoms with Crippen molar-refractivity contribution >= 4 is 11.9 Å². The third-order valence-electron chi connectivity index (χ3n) is 4.08. The largest absolute Gasteiger partial charge is 0.462 e. The van der Waals surface area contributed by atoms with Gasteiger partial charge in [0.05, 0.1) is 5.92 Å². The van der Waals surface area contributed by atoms with Crippen molar-refractivity contribution in [1.82, 2.24) is 4.90 Å². The molecule has 0 fully saturated rings. The maximum atomic E-state index is 13.3. The molecule has 0 aliphatic heterocycles. The molecule has 4 heteroatoms. The number of amides is 1. The van der Waals surface area contributed by atoms with Crippen LogP contribution in [0.5, 0.6) is 0 Å². The van der Waals surface area contributed by atoms with Gasteiger partial charge in [-0.3, -0.25) is 9.59 Å². The van der Waals surface area contributed by atoms with Crippen molar-refractivity contribution in [3.8, 4) is 0 Å². The van der Waals surface area contributed by atoms with E-state index in [9.17, 15) is 9.59 Å². The number of rotatable bonds is 8. The fourth-order valence-corrected chi connectivity index (χ4v) is 2.76. The van der Waals surface area contributed by atoms with Crippen LogP contribution in [0.1, 0.15) is 30.9 Å². The molecule has 0 heterocycles. The molecule has 2 rings (SSSR count). The second-order valence-electron chi connectivity index (χ2n) is 5.91. The second kappa shape index (κ2) is 10.2. The lowest BCUT2D eigenvalue weighted by Gasteiger charge is -2.26. The van der Waals surface area contributed by atoms with E-state index in [-0.39, 0.29) is 24.4 Å². The number of likely N-dealkylation sites (N-methyl/N-ethyl adjacent to an activating group) is 1. The summed E-state index contributed by atoms with van der Waals surface area (Å²) in [5.41, 5.74) is 1.96. The summed E-state index contributed by atoms with van der Waals surface area (Å²) in [6.07, 6.45) is 3.62. The van der Waals surface area contributed by atoms with Crippen LogP contribution in [-0.4, -0.2) is 36.5 Å². The van der Waals surface area contributed by atoms with E-state index in [1.54, 1.807) is 11.0 Å². The van der Waals surface area contributed by atoms with Crippen LogP contribution in [0.3, 0.4) is 0 Å². The smallest absolute Gasteiger partial charge is 0.302 e. The van der Waals surface area contributed by atoms with Crippen LogP contribution < -0.4 is 0 Å². The summed E-state index contributed by atoms with van der Waals surface area (Å²) in [4.78, 5) is 25.8. The van der Waals surface area contributed by atoms with E-state index < -0.39 is 0 Å². The zero-order valence-electron chi connectivity index (χ0n) is 15.3. The molecule has 0 atom stereocenters. The van der Waals surface area contributed by atoms with Crippen LogP contribution in [0.4, 0.5) is 0 Å². The van der Waals surface area contributed by atoms with Gasteiger partial charge in [0, 0.05) is 20.0 Å². The molecule has 2 aromatic rings. The number of carbonyl (C=O) groups is 2. The molecule has 1 amide bonds. The van der Waals surface area contributed by atoms with Crippen LogP contribution in [0.15, 0.2) is 72.8 Å². The van der Waals surface area contributed by atoms with Gasteiger partial charge in [-0.25, -0.2) is 0 Å². The third kappa shape index (κ3) is 5.59. The van der Waals surface area contributed by atoms with Gasteiger partial charge in [0.15, 0.2) is 0 Å². The fourth-order valence-electron chi connectivity index (χ4n) is 2.76. The van der Waals surface area contributed by atoms with Crippen LogP contribution in [0.25, 0.3) is 0 Å². The summed E-state index contributed by atoms with van der Waals surface area (Å²) in [6, 6.07) is 19.7. The zero-order chi connectivity index (χ0) is 18.8. The van der Waals surface area contributed by atoms with Gasteiger partial charge in [0.2, 0.25) is 5.91 Å². The van der Waals surface area contributed by atoms with Gasteiger partial charge in [-0.1, -0.05) is 66.7 Å². The highest BCUT2D eigenvalue weighted by atomic mass is 16.5. The number of hydrogen-bond donors (Lipinski definition) is 0. The highest BCUT2D eigenvalue weighted by Crippen LogP contribution is 2.26. The van der Waals surface area contributed by atoms with Gasteiger partial charge in [0.1, 0.15) is 6.61 Å². The van der Waals surface area contributed by atoms with Crippen molar-refractivity contribution in [2.24, 2.45) is 0 Å². The van der Waals surface area contributed by atoms with Crippen LogP contribution in [-0.2, 0) is 14.3 Å². The van der Waals surface area contributed by atoms with Crippen molar-refractivity contribution in [1.29, 1.82) is 0 Å². The lowest BCUT2D eigenvalue weighted by atomic mass is 9.90. The fraction of sp³-hybridized carbons (Fsp3) is 0.273. The first-order chi connectivity index (χ1) is 12.6. The average molecular weight is 351 g/mol. The molecule has 4 nitrogen and oxygen atoms in total. The topological polar surface area (TPSA) is 46.6 Å². The van der Waals surface area contributed by atoms with Crippen molar-refractivity contribution in [3.05, 3.63) is 83.9 Å². The molecular formula is C22H25NO3. The molecule has 0 aliphatic carbocycles. The summed E-state index contributed by atoms with van der Waals surface area (Å²) in [6.45, 7) is 4.65. The predicted octanol–water partition coefficient (Wildman–Crippen LogP) is 3.79. The highest BCUT2D eigenvalue weighted by Gasteiger charge is 2.26. The molecule has 0 spiro atoms. The number of esters is 1. The Labute approximate surface area is 155 Å². The maximum Gasteiger partial charge on any atom is 0.302 e. The monoisotopic (exact) mass is 351 g/mol. The lowest BCUT2D eigenvalue weighted by molar-refractivity contribution is -0.139. The molecule has 0 saturated carbocycles. The number of hydrogen-bond acceptors (Lipinski definition) is 3. The van der Waals surface area contributed by atoms with Crippen molar-refractivity contribution < 1.29 is 14.3 Å². The van der Waals surface area contributed by atoms with E-state index >= 15 is 0 Å². The summed E-state index contributed by atoms with van der Waals surface area (Å²) in [5, 5.41) is 0. The van der Waals surface area contributed by atoms with Crippen LogP contribution >= 0.6 is 0 Å². The third-order valence-corrected chi connectivity index (χ3v) is 4.08. The van der Waals surface area contributed by atoms with Gasteiger partial charge in [0.25, 0.3) is 0 Å². The maximum absolute atomic E-state index is 13.3. The first-order valence-corrected chi connectivity index (χ1v) is 8.80. The van der Waals surface area contributed by atoms with Crippen molar-refractivity contribution in [3.63, 3.8) is 0 Å². The molecule has 136 valence electrons. The Hall–Kier alpha value is -2.88. The van der Waals surface area contributed by atoms with Gasteiger partial charge < -0.3 is 9.64 Å². The van der Waals surface area contributed by atoms with E-state index in [1.165, 1.54) is 6.92 Å². The molecule has 26 heavy (non-hydrogen) atoms. The number of carbonyl (C=O) groups excluding carboxylic acids is 2. The summed E-state index contributed by atoms with van der Waals surface area (Å²) >= 11 is 0. The number of nitrogens with zero attached hydrogens (tertiary/aromatic N) is 1. The zero-order valence-corrected chi connectivity index (χ0v) is 15.3. The van der Waals surface area contributed by atoms with Gasteiger partial charge in [-0.05, 0) is 24.1 Å². The van der Waals surface area contributed by atoms with Gasteiger partial charge >= 0.3 is 5.97 Å². The highest BCUT2D eigenvalue weighted by molar-refractivity contribution is 5.87. The Kier molecular flexibility index (Phi) is 7.62. The first-order valence-electron chi connectivity index (χ1n) is 8.80. The number of ether oxygens (including phenoxy) is 1. The number of benzene rings is 2. The van der Waals surface area contributed by atoms with Crippen LogP contribution in [0, 0.1) is 0 Å². The second-order valence-corrected chi connectivity index (χ2v) is 5.91. The molecule has 0 N–H and O–H groups in total. The van der Waals surface area contributed by atoms with Crippen molar-refractivity contribution in [2.45, 2.75) is 19.8 Å². The molecule has 0 aliphatic rings. The Morgan fingerprint density at radius 2 is 1.50 bits per heavy atom. The Balaban J connectivity index is 2.18. The summed E-state index contributed by atoms with van der Waals surface area (Å²) in [5.74, 6) is -0.590. The quantitative estimate of drug-likeness (QED) is 0.537. The van der Waals surface area contributed by atoms with Crippen LogP contribution in [0.2, 0.25) is 0 Å². The molecular weight excluding hydrogens is 326 g/mol.